The summed E-state index contributed by atoms with van der Waals surface area (Å²) >= 11 is 5.84. The average molecular weight is 532 g/mol. The van der Waals surface area contributed by atoms with E-state index >= 15 is 0 Å². The summed E-state index contributed by atoms with van der Waals surface area (Å²) < 4.78 is 0. The van der Waals surface area contributed by atoms with Crippen molar-refractivity contribution in [3.63, 3.8) is 0 Å². The molecule has 0 radical (unpaired) electrons. The minimum absolute atomic E-state index is 0.103. The van der Waals surface area contributed by atoms with E-state index in [1.807, 2.05) is 30.3 Å². The number of likely N-dealkylation sites (tertiary alicyclic amines) is 1. The molecule has 14 heteroatoms. The minimum atomic E-state index is -1.11. The van der Waals surface area contributed by atoms with E-state index in [2.05, 4.69) is 25.6 Å². The van der Waals surface area contributed by atoms with E-state index in [-0.39, 0.29) is 33.9 Å². The number of nitrogens with one attached hydrogen (secondary N) is 2. The van der Waals surface area contributed by atoms with Gasteiger partial charge in [-0.05, 0) is 36.7 Å². The van der Waals surface area contributed by atoms with Gasteiger partial charge in [-0.3, -0.25) is 9.59 Å². The number of aliphatic imine (C=N–C) groups is 1. The van der Waals surface area contributed by atoms with Gasteiger partial charge in [0.2, 0.25) is 0 Å². The lowest BCUT2D eigenvalue weighted by atomic mass is 9.74. The maximum Gasteiger partial charge on any atom is 0.323 e. The number of carboxylic acid groups (broad SMARTS) is 1. The third kappa shape index (κ3) is 7.67. The summed E-state index contributed by atoms with van der Waals surface area (Å²) in [5.41, 5.74) is 17.9. The van der Waals surface area contributed by atoms with Crippen LogP contribution in [0.1, 0.15) is 35.3 Å². The third-order valence-electron chi connectivity index (χ3n) is 6.26. The van der Waals surface area contributed by atoms with Gasteiger partial charge in [-0.2, -0.15) is 4.99 Å². The van der Waals surface area contributed by atoms with Crippen molar-refractivity contribution in [1.82, 2.24) is 25.5 Å². The Morgan fingerprint density at radius 3 is 2.41 bits per heavy atom. The molecule has 13 nitrogen and oxygen atoms in total. The molecule has 1 saturated heterocycles. The summed E-state index contributed by atoms with van der Waals surface area (Å²) in [6.07, 6.45) is 2.88. The lowest BCUT2D eigenvalue weighted by molar-refractivity contribution is -0.135. The zero-order chi connectivity index (χ0) is 27.0. The van der Waals surface area contributed by atoms with Crippen LogP contribution < -0.4 is 27.8 Å². The van der Waals surface area contributed by atoms with Gasteiger partial charge in [-0.1, -0.05) is 41.9 Å². The Kier molecular flexibility index (Phi) is 9.06. The second-order valence-corrected chi connectivity index (χ2v) is 9.17. The monoisotopic (exact) mass is 531 g/mol. The van der Waals surface area contributed by atoms with Crippen molar-refractivity contribution in [3.8, 4) is 0 Å². The molecule has 1 aromatic heterocycles. The van der Waals surface area contributed by atoms with Crippen LogP contribution in [0.15, 0.2) is 35.3 Å². The maximum atomic E-state index is 12.5. The average Bonchev–Trinajstić information content (AvgIpc) is 2.88. The normalized spacial score (nSPS) is 15.2. The third-order valence-corrected chi connectivity index (χ3v) is 6.54. The molecule has 1 aliphatic rings. The van der Waals surface area contributed by atoms with Crippen molar-refractivity contribution in [2.45, 2.75) is 25.7 Å². The number of guanidine groups is 1. The number of halogens is 1. The van der Waals surface area contributed by atoms with Crippen molar-refractivity contribution in [2.24, 2.45) is 16.1 Å². The Balaban J connectivity index is 1.68. The van der Waals surface area contributed by atoms with E-state index in [4.69, 9.17) is 33.9 Å². The number of anilines is 2. The summed E-state index contributed by atoms with van der Waals surface area (Å²) in [6, 6.07) is 9.59. The first kappa shape index (κ1) is 27.5. The molecule has 1 aromatic carbocycles. The number of benzene rings is 1. The second-order valence-electron chi connectivity index (χ2n) is 8.81. The van der Waals surface area contributed by atoms with Gasteiger partial charge in [0.1, 0.15) is 6.54 Å². The lowest BCUT2D eigenvalue weighted by Crippen LogP contribution is -2.51. The van der Waals surface area contributed by atoms with Crippen molar-refractivity contribution < 1.29 is 19.5 Å². The van der Waals surface area contributed by atoms with Gasteiger partial charge in [-0.25, -0.2) is 14.8 Å². The first-order chi connectivity index (χ1) is 17.6. The largest absolute Gasteiger partial charge is 0.480 e. The molecule has 9 N–H and O–H groups in total. The molecule has 0 bridgehead atoms. The highest BCUT2D eigenvalue weighted by molar-refractivity contribution is 6.31. The zero-order valence-electron chi connectivity index (χ0n) is 20.1. The number of rotatable bonds is 8. The summed E-state index contributed by atoms with van der Waals surface area (Å²) in [4.78, 5) is 48.6. The van der Waals surface area contributed by atoms with Crippen LogP contribution in [0.25, 0.3) is 0 Å². The van der Waals surface area contributed by atoms with Gasteiger partial charge < -0.3 is 37.8 Å². The lowest BCUT2D eigenvalue weighted by Gasteiger charge is -2.42. The molecule has 0 unspecified atom stereocenters. The van der Waals surface area contributed by atoms with Crippen molar-refractivity contribution in [2.75, 3.05) is 37.6 Å². The molecule has 0 saturated carbocycles. The van der Waals surface area contributed by atoms with Gasteiger partial charge in [0.15, 0.2) is 28.4 Å². The number of aliphatic carboxylic acids is 1. The molecule has 2 aromatic rings. The smallest absolute Gasteiger partial charge is 0.323 e. The molecule has 2 heterocycles. The Labute approximate surface area is 218 Å². The van der Waals surface area contributed by atoms with Crippen molar-refractivity contribution >= 4 is 47.1 Å². The van der Waals surface area contributed by atoms with Crippen LogP contribution in [0.4, 0.5) is 16.4 Å². The van der Waals surface area contributed by atoms with Crippen molar-refractivity contribution in [3.05, 3.63) is 46.7 Å². The van der Waals surface area contributed by atoms with Crippen LogP contribution in [0.2, 0.25) is 5.15 Å². The number of hydrogen-bond donors (Lipinski definition) is 6. The highest BCUT2D eigenvalue weighted by atomic mass is 35.5. The molecular formula is C23H30ClN9O4. The number of amides is 3. The van der Waals surface area contributed by atoms with E-state index in [1.54, 1.807) is 4.90 Å². The number of nitrogens with zero attached hydrogens (tertiary/aromatic N) is 4. The number of piperidine rings is 1. The molecule has 1 fully saturated rings. The number of carbonyl (C=O) groups is 3. The topological polar surface area (TPSA) is 215 Å². The molecule has 37 heavy (non-hydrogen) atoms. The SMILES string of the molecule is N/C(=N\C(=O)c1nc(Cl)c(N)nc1N)NCC1(CCc2ccccc2)CCN(C(=O)NCC(=O)O)CC1. The van der Waals surface area contributed by atoms with Gasteiger partial charge >= 0.3 is 17.9 Å². The number of nitrogens with two attached hydrogens (primary N) is 3. The summed E-state index contributed by atoms with van der Waals surface area (Å²) in [5, 5.41) is 14.1. The first-order valence-electron chi connectivity index (χ1n) is 11.6. The van der Waals surface area contributed by atoms with Crippen LogP contribution in [-0.4, -0.2) is 70.0 Å². The fourth-order valence-electron chi connectivity index (χ4n) is 4.10. The molecule has 3 rings (SSSR count). The molecule has 1 aliphatic heterocycles. The van der Waals surface area contributed by atoms with Gasteiger partial charge in [0.25, 0.3) is 0 Å². The Bertz CT molecular complexity index is 1170. The number of aryl methyl sites for hydroxylation is 1. The molecular weight excluding hydrogens is 502 g/mol. The van der Waals surface area contributed by atoms with Crippen LogP contribution in [-0.2, 0) is 11.2 Å². The quantitative estimate of drug-likeness (QED) is 0.208. The van der Waals surface area contributed by atoms with Gasteiger partial charge in [0, 0.05) is 19.6 Å². The Morgan fingerprint density at radius 2 is 1.76 bits per heavy atom. The Morgan fingerprint density at radius 1 is 1.08 bits per heavy atom. The maximum absolute atomic E-state index is 12.5. The number of nitrogen functional groups attached to an aromatic ring is 2. The molecule has 3 amide bonds. The van der Waals surface area contributed by atoms with Crippen LogP contribution in [0.5, 0.6) is 0 Å². The molecule has 0 aliphatic carbocycles. The standard InChI is InChI=1S/C23H30ClN9O4/c24-17-19(26)31-18(25)16(30-17)20(36)32-21(27)29-13-23(7-6-14-4-2-1-3-5-14)8-10-33(11-9-23)22(37)28-12-15(34)35/h1-5H,6-13H2,(H,28,37)(H,34,35)(H4,25,26,31)(H3,27,29,32,36). The van der Waals surface area contributed by atoms with Crippen LogP contribution in [0, 0.1) is 5.41 Å². The highest BCUT2D eigenvalue weighted by Crippen LogP contribution is 2.36. The number of carboxylic acids is 1. The predicted octanol–water partition coefficient (Wildman–Crippen LogP) is 0.848. The van der Waals surface area contributed by atoms with E-state index in [9.17, 15) is 14.4 Å². The van der Waals surface area contributed by atoms with E-state index in [0.717, 1.165) is 12.8 Å². The highest BCUT2D eigenvalue weighted by Gasteiger charge is 2.36. The van der Waals surface area contributed by atoms with Crippen LogP contribution in [0.3, 0.4) is 0 Å². The second kappa shape index (κ2) is 12.2. The minimum Gasteiger partial charge on any atom is -0.480 e. The van der Waals surface area contributed by atoms with E-state index in [1.165, 1.54) is 5.56 Å². The summed E-state index contributed by atoms with van der Waals surface area (Å²) in [6.45, 7) is 0.837. The predicted molar refractivity (Wildman–Crippen MR) is 139 cm³/mol. The van der Waals surface area contributed by atoms with Gasteiger partial charge in [-0.15, -0.1) is 0 Å². The van der Waals surface area contributed by atoms with Gasteiger partial charge in [0.05, 0.1) is 0 Å². The summed E-state index contributed by atoms with van der Waals surface area (Å²) in [5.74, 6) is -2.37. The fourth-order valence-corrected chi connectivity index (χ4v) is 4.22. The number of aromatic nitrogens is 2. The molecule has 198 valence electrons. The zero-order valence-corrected chi connectivity index (χ0v) is 20.9. The van der Waals surface area contributed by atoms with Crippen molar-refractivity contribution in [1.29, 1.82) is 0 Å². The first-order valence-corrected chi connectivity index (χ1v) is 12.0. The molecule has 0 atom stereocenters. The molecule has 0 spiro atoms. The summed E-state index contributed by atoms with van der Waals surface area (Å²) in [7, 11) is 0. The van der Waals surface area contributed by atoms with Crippen LogP contribution >= 0.6 is 11.6 Å². The number of carbonyl (C=O) groups excluding carboxylic acids is 2. The van der Waals surface area contributed by atoms with E-state index in [0.29, 0.717) is 32.5 Å². The van der Waals surface area contributed by atoms with E-state index < -0.39 is 24.5 Å². The number of urea groups is 1. The fraction of sp³-hybridized carbons (Fsp3) is 0.391. The number of hydrogen-bond acceptors (Lipinski definition) is 7. The Hall–Kier alpha value is -4.13.